The van der Waals surface area contributed by atoms with Crippen molar-refractivity contribution in [1.29, 1.82) is 0 Å². The van der Waals surface area contributed by atoms with Gasteiger partial charge in [0.25, 0.3) is 0 Å². The summed E-state index contributed by atoms with van der Waals surface area (Å²) in [6, 6.07) is 0. The van der Waals surface area contributed by atoms with Crippen LogP contribution in [0.25, 0.3) is 0 Å². The molecule has 2 heterocycles. The number of guanidine groups is 1. The zero-order valence-electron chi connectivity index (χ0n) is 12.7. The zero-order valence-corrected chi connectivity index (χ0v) is 12.7. The molecule has 1 saturated carbocycles. The van der Waals surface area contributed by atoms with Gasteiger partial charge in [-0.3, -0.25) is 4.99 Å². The highest BCUT2D eigenvalue weighted by molar-refractivity contribution is 5.80. The normalized spacial score (nSPS) is 25.6. The monoisotopic (exact) mass is 277 g/mol. The van der Waals surface area contributed by atoms with Gasteiger partial charge in [-0.15, -0.1) is 0 Å². The highest BCUT2D eigenvalue weighted by Crippen LogP contribution is 2.47. The van der Waals surface area contributed by atoms with Gasteiger partial charge in [0.2, 0.25) is 0 Å². The number of hydrogen-bond donors (Lipinski definition) is 1. The molecule has 0 radical (unpaired) electrons. The van der Waals surface area contributed by atoms with E-state index in [1.165, 1.54) is 44.3 Å². The molecule has 0 atom stereocenters. The smallest absolute Gasteiger partial charge is 0.193 e. The molecule has 2 aliphatic heterocycles. The molecule has 2 fully saturated rings. The van der Waals surface area contributed by atoms with Crippen molar-refractivity contribution in [2.75, 3.05) is 39.9 Å². The van der Waals surface area contributed by atoms with E-state index < -0.39 is 0 Å². The van der Waals surface area contributed by atoms with Gasteiger partial charge in [-0.2, -0.15) is 0 Å². The molecule has 4 heteroatoms. The maximum absolute atomic E-state index is 5.34. The molecule has 3 rings (SSSR count). The highest BCUT2D eigenvalue weighted by atomic mass is 16.5. The second-order valence-electron chi connectivity index (χ2n) is 6.44. The Morgan fingerprint density at radius 1 is 1.45 bits per heavy atom. The molecule has 3 aliphatic rings. The second kappa shape index (κ2) is 6.17. The molecule has 0 aromatic rings. The standard InChI is InChI=1S/C16H27N3O/c1-17-15(18-9-3-14-4-11-20-12-5-14)19-10-8-16(13-19)6-2-7-16/h4H,2-3,5-13H2,1H3,(H,17,18). The first-order valence-corrected chi connectivity index (χ1v) is 8.03. The minimum Gasteiger partial charge on any atom is -0.377 e. The molecule has 1 spiro atoms. The van der Waals surface area contributed by atoms with Crippen LogP contribution in [0.15, 0.2) is 16.6 Å². The Labute approximate surface area is 122 Å². The SMILES string of the molecule is CN=C(NCCC1=CCOCC1)N1CCC2(CCC2)C1. The average Bonchev–Trinajstić information content (AvgIpc) is 2.90. The van der Waals surface area contributed by atoms with Gasteiger partial charge in [-0.1, -0.05) is 18.1 Å². The molecule has 1 saturated heterocycles. The van der Waals surface area contributed by atoms with E-state index in [0.717, 1.165) is 38.6 Å². The van der Waals surface area contributed by atoms with Crippen molar-refractivity contribution < 1.29 is 4.74 Å². The number of nitrogens with zero attached hydrogens (tertiary/aromatic N) is 2. The van der Waals surface area contributed by atoms with Crippen molar-refractivity contribution in [2.24, 2.45) is 10.4 Å². The Morgan fingerprint density at radius 3 is 2.95 bits per heavy atom. The van der Waals surface area contributed by atoms with Gasteiger partial charge in [0, 0.05) is 26.7 Å². The minimum absolute atomic E-state index is 0.640. The number of likely N-dealkylation sites (tertiary alicyclic amines) is 1. The topological polar surface area (TPSA) is 36.9 Å². The lowest BCUT2D eigenvalue weighted by molar-refractivity contribution is 0.151. The fourth-order valence-electron chi connectivity index (χ4n) is 3.66. The summed E-state index contributed by atoms with van der Waals surface area (Å²) < 4.78 is 5.34. The fourth-order valence-corrected chi connectivity index (χ4v) is 3.66. The lowest BCUT2D eigenvalue weighted by Gasteiger charge is -2.38. The summed E-state index contributed by atoms with van der Waals surface area (Å²) in [5.41, 5.74) is 2.16. The Balaban J connectivity index is 1.44. The molecule has 0 bridgehead atoms. The van der Waals surface area contributed by atoms with E-state index in [1.54, 1.807) is 0 Å². The van der Waals surface area contributed by atoms with E-state index in [1.807, 2.05) is 7.05 Å². The van der Waals surface area contributed by atoms with Crippen molar-refractivity contribution in [3.63, 3.8) is 0 Å². The predicted molar refractivity (Wildman–Crippen MR) is 82.0 cm³/mol. The summed E-state index contributed by atoms with van der Waals surface area (Å²) >= 11 is 0. The minimum atomic E-state index is 0.640. The van der Waals surface area contributed by atoms with Crippen LogP contribution in [0.3, 0.4) is 0 Å². The number of ether oxygens (including phenoxy) is 1. The van der Waals surface area contributed by atoms with Crippen molar-refractivity contribution in [1.82, 2.24) is 10.2 Å². The summed E-state index contributed by atoms with van der Waals surface area (Å²) in [5, 5.41) is 3.54. The van der Waals surface area contributed by atoms with Gasteiger partial charge >= 0.3 is 0 Å². The van der Waals surface area contributed by atoms with Crippen molar-refractivity contribution in [3.05, 3.63) is 11.6 Å². The largest absolute Gasteiger partial charge is 0.377 e. The molecule has 20 heavy (non-hydrogen) atoms. The summed E-state index contributed by atoms with van der Waals surface area (Å²) in [7, 11) is 1.90. The highest BCUT2D eigenvalue weighted by Gasteiger charge is 2.43. The third-order valence-corrected chi connectivity index (χ3v) is 5.15. The first-order valence-electron chi connectivity index (χ1n) is 8.03. The Kier molecular flexibility index (Phi) is 4.29. The molecule has 1 N–H and O–H groups in total. The molecule has 0 unspecified atom stereocenters. The quantitative estimate of drug-likeness (QED) is 0.488. The summed E-state index contributed by atoms with van der Waals surface area (Å²) in [5.74, 6) is 1.10. The first kappa shape index (κ1) is 13.9. The Morgan fingerprint density at radius 2 is 2.35 bits per heavy atom. The number of aliphatic imine (C=N–C) groups is 1. The average molecular weight is 277 g/mol. The van der Waals surface area contributed by atoms with Gasteiger partial charge < -0.3 is 15.0 Å². The number of hydrogen-bond acceptors (Lipinski definition) is 2. The van der Waals surface area contributed by atoms with Gasteiger partial charge in [-0.25, -0.2) is 0 Å². The summed E-state index contributed by atoms with van der Waals surface area (Å²) in [6.07, 6.45) is 10.1. The second-order valence-corrected chi connectivity index (χ2v) is 6.44. The zero-order chi connectivity index (χ0) is 13.8. The Hall–Kier alpha value is -1.03. The fraction of sp³-hybridized carbons (Fsp3) is 0.812. The van der Waals surface area contributed by atoms with E-state index in [4.69, 9.17) is 4.74 Å². The van der Waals surface area contributed by atoms with Crippen LogP contribution in [0.5, 0.6) is 0 Å². The van der Waals surface area contributed by atoms with E-state index >= 15 is 0 Å². The Bertz CT molecular complexity index is 399. The molecular weight excluding hydrogens is 250 g/mol. The van der Waals surface area contributed by atoms with Crippen molar-refractivity contribution in [2.45, 2.75) is 38.5 Å². The van der Waals surface area contributed by atoms with Crippen LogP contribution >= 0.6 is 0 Å². The molecule has 0 amide bonds. The lowest BCUT2D eigenvalue weighted by Crippen LogP contribution is -2.42. The third kappa shape index (κ3) is 3.00. The van der Waals surface area contributed by atoms with Gasteiger partial charge in [0.05, 0.1) is 13.2 Å². The van der Waals surface area contributed by atoms with Crippen molar-refractivity contribution in [3.8, 4) is 0 Å². The van der Waals surface area contributed by atoms with Crippen LogP contribution in [0.1, 0.15) is 38.5 Å². The van der Waals surface area contributed by atoms with E-state index in [0.29, 0.717) is 5.41 Å². The number of nitrogens with one attached hydrogen (secondary N) is 1. The van der Waals surface area contributed by atoms with Crippen LogP contribution in [0.4, 0.5) is 0 Å². The molecule has 4 nitrogen and oxygen atoms in total. The third-order valence-electron chi connectivity index (χ3n) is 5.15. The maximum atomic E-state index is 5.34. The lowest BCUT2D eigenvalue weighted by atomic mass is 9.68. The van der Waals surface area contributed by atoms with Crippen LogP contribution in [-0.2, 0) is 4.74 Å². The summed E-state index contributed by atoms with van der Waals surface area (Å²) in [6.45, 7) is 5.05. The van der Waals surface area contributed by atoms with Crippen LogP contribution < -0.4 is 5.32 Å². The molecule has 1 aliphatic carbocycles. The number of rotatable bonds is 3. The van der Waals surface area contributed by atoms with E-state index in [2.05, 4.69) is 21.3 Å². The maximum Gasteiger partial charge on any atom is 0.193 e. The van der Waals surface area contributed by atoms with E-state index in [9.17, 15) is 0 Å². The van der Waals surface area contributed by atoms with Gasteiger partial charge in [0.15, 0.2) is 5.96 Å². The van der Waals surface area contributed by atoms with E-state index in [-0.39, 0.29) is 0 Å². The van der Waals surface area contributed by atoms with Crippen molar-refractivity contribution >= 4 is 5.96 Å². The van der Waals surface area contributed by atoms with Gasteiger partial charge in [-0.05, 0) is 37.5 Å². The molecular formula is C16H27N3O. The first-order chi connectivity index (χ1) is 9.81. The van der Waals surface area contributed by atoms with Crippen LogP contribution in [0.2, 0.25) is 0 Å². The van der Waals surface area contributed by atoms with Crippen LogP contribution in [-0.4, -0.2) is 50.8 Å². The molecule has 0 aromatic carbocycles. The molecule has 112 valence electrons. The summed E-state index contributed by atoms with van der Waals surface area (Å²) in [4.78, 5) is 6.92. The van der Waals surface area contributed by atoms with Gasteiger partial charge in [0.1, 0.15) is 0 Å². The predicted octanol–water partition coefficient (Wildman–Crippen LogP) is 2.17. The van der Waals surface area contributed by atoms with Crippen LogP contribution in [0, 0.1) is 5.41 Å². The molecule has 0 aromatic heterocycles.